The quantitative estimate of drug-likeness (QED) is 0.893. The first kappa shape index (κ1) is 17.3. The van der Waals surface area contributed by atoms with Gasteiger partial charge in [-0.2, -0.15) is 0 Å². The van der Waals surface area contributed by atoms with E-state index in [4.69, 9.17) is 14.2 Å². The van der Waals surface area contributed by atoms with Gasteiger partial charge in [0.1, 0.15) is 24.8 Å². The normalized spacial score (nSPS) is 17.4. The highest BCUT2D eigenvalue weighted by Gasteiger charge is 2.32. The molecule has 1 amide bonds. The molecular formula is C20H18FNO5. The number of nitrogens with one attached hydrogen (secondary N) is 1. The Morgan fingerprint density at radius 1 is 1.22 bits per heavy atom. The van der Waals surface area contributed by atoms with Crippen LogP contribution in [-0.4, -0.2) is 31.5 Å². The predicted molar refractivity (Wildman–Crippen MR) is 95.3 cm³/mol. The molecule has 1 aliphatic carbocycles. The van der Waals surface area contributed by atoms with Crippen molar-refractivity contribution in [3.05, 3.63) is 47.3 Å². The molecule has 2 aliphatic rings. The summed E-state index contributed by atoms with van der Waals surface area (Å²) in [5, 5.41) is 2.70. The maximum atomic E-state index is 14.0. The smallest absolute Gasteiger partial charge is 0.262 e. The standard InChI is InChI=1S/C20H18FNO5/c1-11-8-14(23)20-16(5-3-13(21)19(11)20)27-10-18(24)22-12-2-4-15-17(9-12)26-7-6-25-15/h2-5,9,11H,6-8,10H2,1H3,(H,22,24)/t11-/m0/s1. The van der Waals surface area contributed by atoms with Gasteiger partial charge in [-0.15, -0.1) is 0 Å². The van der Waals surface area contributed by atoms with Crippen LogP contribution in [0.5, 0.6) is 17.2 Å². The number of ether oxygens (including phenoxy) is 3. The summed E-state index contributed by atoms with van der Waals surface area (Å²) in [6.07, 6.45) is 0.246. The largest absolute Gasteiger partial charge is 0.486 e. The molecule has 1 N–H and O–H groups in total. The lowest BCUT2D eigenvalue weighted by molar-refractivity contribution is -0.118. The van der Waals surface area contributed by atoms with Gasteiger partial charge >= 0.3 is 0 Å². The summed E-state index contributed by atoms with van der Waals surface area (Å²) < 4.78 is 30.4. The molecule has 0 saturated carbocycles. The van der Waals surface area contributed by atoms with Gasteiger partial charge in [0, 0.05) is 23.7 Å². The van der Waals surface area contributed by atoms with Gasteiger partial charge in [-0.1, -0.05) is 6.92 Å². The molecule has 1 heterocycles. The first-order valence-electron chi connectivity index (χ1n) is 8.71. The number of amides is 1. The molecule has 2 aromatic carbocycles. The average Bonchev–Trinajstić information content (AvgIpc) is 2.96. The van der Waals surface area contributed by atoms with E-state index in [1.165, 1.54) is 12.1 Å². The number of hydrogen-bond donors (Lipinski definition) is 1. The topological polar surface area (TPSA) is 73.9 Å². The second-order valence-electron chi connectivity index (χ2n) is 6.56. The van der Waals surface area contributed by atoms with Crippen LogP contribution in [0.1, 0.15) is 35.2 Å². The molecule has 0 fully saturated rings. The van der Waals surface area contributed by atoms with Gasteiger partial charge < -0.3 is 19.5 Å². The van der Waals surface area contributed by atoms with E-state index in [2.05, 4.69) is 5.32 Å². The fourth-order valence-corrected chi connectivity index (χ4v) is 3.41. The number of Topliss-reactive ketones (excluding diaryl/α,β-unsaturated/α-hetero) is 1. The summed E-state index contributed by atoms with van der Waals surface area (Å²) in [7, 11) is 0. The first-order valence-corrected chi connectivity index (χ1v) is 8.71. The lowest BCUT2D eigenvalue weighted by atomic mass is 10.0. The first-order chi connectivity index (χ1) is 13.0. The van der Waals surface area contributed by atoms with Crippen molar-refractivity contribution in [2.24, 2.45) is 0 Å². The van der Waals surface area contributed by atoms with E-state index < -0.39 is 11.7 Å². The van der Waals surface area contributed by atoms with Crippen LogP contribution in [0.2, 0.25) is 0 Å². The summed E-state index contributed by atoms with van der Waals surface area (Å²) in [5.74, 6) is 0.250. The molecule has 1 aliphatic heterocycles. The summed E-state index contributed by atoms with van der Waals surface area (Å²) in [6.45, 7) is 2.45. The van der Waals surface area contributed by atoms with Crippen molar-refractivity contribution in [3.8, 4) is 17.2 Å². The molecule has 0 spiro atoms. The van der Waals surface area contributed by atoms with Crippen molar-refractivity contribution >= 4 is 17.4 Å². The Morgan fingerprint density at radius 2 is 2.00 bits per heavy atom. The van der Waals surface area contributed by atoms with E-state index in [9.17, 15) is 14.0 Å². The Bertz CT molecular complexity index is 927. The van der Waals surface area contributed by atoms with Crippen molar-refractivity contribution in [2.75, 3.05) is 25.1 Å². The fourth-order valence-electron chi connectivity index (χ4n) is 3.41. The minimum absolute atomic E-state index is 0.167. The summed E-state index contributed by atoms with van der Waals surface area (Å²) in [4.78, 5) is 24.3. The molecule has 140 valence electrons. The Kier molecular flexibility index (Phi) is 4.43. The van der Waals surface area contributed by atoms with Crippen LogP contribution in [0, 0.1) is 5.82 Å². The zero-order valence-electron chi connectivity index (χ0n) is 14.7. The SMILES string of the molecule is C[C@H]1CC(=O)c2c(OCC(=O)Nc3ccc4c(c3)OCCO4)ccc(F)c21. The maximum absolute atomic E-state index is 14.0. The van der Waals surface area contributed by atoms with Crippen LogP contribution in [0.15, 0.2) is 30.3 Å². The molecular weight excluding hydrogens is 353 g/mol. The average molecular weight is 371 g/mol. The van der Waals surface area contributed by atoms with Crippen LogP contribution in [0.25, 0.3) is 0 Å². The minimum atomic E-state index is -0.420. The van der Waals surface area contributed by atoms with Crippen LogP contribution >= 0.6 is 0 Å². The van der Waals surface area contributed by atoms with Crippen molar-refractivity contribution in [1.82, 2.24) is 0 Å². The molecule has 0 saturated heterocycles. The lowest BCUT2D eigenvalue weighted by Crippen LogP contribution is -2.21. The number of halogens is 1. The third kappa shape index (κ3) is 3.32. The van der Waals surface area contributed by atoms with E-state index in [1.807, 2.05) is 0 Å². The zero-order chi connectivity index (χ0) is 19.0. The summed E-state index contributed by atoms with van der Waals surface area (Å²) in [6, 6.07) is 7.75. The number of anilines is 1. The molecule has 6 nitrogen and oxygen atoms in total. The number of ketones is 1. The number of benzene rings is 2. The Hall–Kier alpha value is -3.09. The van der Waals surface area contributed by atoms with Crippen LogP contribution in [-0.2, 0) is 4.79 Å². The molecule has 27 heavy (non-hydrogen) atoms. The van der Waals surface area contributed by atoms with Gasteiger partial charge in [0.2, 0.25) is 0 Å². The molecule has 4 rings (SSSR count). The van der Waals surface area contributed by atoms with Crippen LogP contribution in [0.3, 0.4) is 0 Å². The van der Waals surface area contributed by atoms with E-state index in [0.29, 0.717) is 36.0 Å². The maximum Gasteiger partial charge on any atom is 0.262 e. The predicted octanol–water partition coefficient (Wildman–Crippen LogP) is 3.30. The highest BCUT2D eigenvalue weighted by molar-refractivity contribution is 6.04. The van der Waals surface area contributed by atoms with Crippen LogP contribution in [0.4, 0.5) is 10.1 Å². The van der Waals surface area contributed by atoms with Crippen molar-refractivity contribution < 1.29 is 28.2 Å². The molecule has 0 aromatic heterocycles. The highest BCUT2D eigenvalue weighted by atomic mass is 19.1. The van der Waals surface area contributed by atoms with Gasteiger partial charge in [-0.05, 0) is 30.2 Å². The third-order valence-corrected chi connectivity index (χ3v) is 4.60. The highest BCUT2D eigenvalue weighted by Crippen LogP contribution is 2.39. The summed E-state index contributed by atoms with van der Waals surface area (Å²) in [5.41, 5.74) is 1.15. The van der Waals surface area contributed by atoms with Gasteiger partial charge in [-0.25, -0.2) is 4.39 Å². The molecule has 0 radical (unpaired) electrons. The molecule has 2 aromatic rings. The number of hydrogen-bond acceptors (Lipinski definition) is 5. The zero-order valence-corrected chi connectivity index (χ0v) is 14.7. The minimum Gasteiger partial charge on any atom is -0.486 e. The second-order valence-corrected chi connectivity index (χ2v) is 6.56. The van der Waals surface area contributed by atoms with E-state index in [-0.39, 0.29) is 36.0 Å². The third-order valence-electron chi connectivity index (χ3n) is 4.60. The Labute approximate surface area is 155 Å². The molecule has 1 atom stereocenters. The van der Waals surface area contributed by atoms with E-state index in [1.54, 1.807) is 25.1 Å². The van der Waals surface area contributed by atoms with Crippen LogP contribution < -0.4 is 19.5 Å². The molecule has 0 unspecified atom stereocenters. The van der Waals surface area contributed by atoms with E-state index in [0.717, 1.165) is 0 Å². The van der Waals surface area contributed by atoms with E-state index >= 15 is 0 Å². The van der Waals surface area contributed by atoms with Crippen molar-refractivity contribution in [2.45, 2.75) is 19.3 Å². The number of carbonyl (C=O) groups is 2. The molecule has 7 heteroatoms. The fraction of sp³-hybridized carbons (Fsp3) is 0.300. The van der Waals surface area contributed by atoms with Crippen molar-refractivity contribution in [1.29, 1.82) is 0 Å². The number of carbonyl (C=O) groups excluding carboxylic acids is 2. The van der Waals surface area contributed by atoms with Crippen molar-refractivity contribution in [3.63, 3.8) is 0 Å². The van der Waals surface area contributed by atoms with Gasteiger partial charge in [0.05, 0.1) is 5.56 Å². The Morgan fingerprint density at radius 3 is 2.81 bits per heavy atom. The van der Waals surface area contributed by atoms with Gasteiger partial charge in [0.15, 0.2) is 23.9 Å². The van der Waals surface area contributed by atoms with Gasteiger partial charge in [0.25, 0.3) is 5.91 Å². The van der Waals surface area contributed by atoms with Gasteiger partial charge in [-0.3, -0.25) is 9.59 Å². The number of rotatable bonds is 4. The molecule has 0 bridgehead atoms. The lowest BCUT2D eigenvalue weighted by Gasteiger charge is -2.19. The summed E-state index contributed by atoms with van der Waals surface area (Å²) >= 11 is 0. The second kappa shape index (κ2) is 6.90. The Balaban J connectivity index is 1.44. The monoisotopic (exact) mass is 371 g/mol. The number of fused-ring (bicyclic) bond motifs is 2.